The van der Waals surface area contributed by atoms with E-state index in [-0.39, 0.29) is 36.8 Å². The number of nitrogens with one attached hydrogen (secondary N) is 1. The van der Waals surface area contributed by atoms with Gasteiger partial charge in [-0.05, 0) is 50.2 Å². The van der Waals surface area contributed by atoms with Crippen LogP contribution < -0.4 is 16.0 Å². The van der Waals surface area contributed by atoms with Crippen LogP contribution in [0.3, 0.4) is 0 Å². The highest BCUT2D eigenvalue weighted by Gasteiger charge is 2.26. The van der Waals surface area contributed by atoms with Crippen LogP contribution >= 0.6 is 24.8 Å². The summed E-state index contributed by atoms with van der Waals surface area (Å²) in [6, 6.07) is 4.14. The Morgan fingerprint density at radius 3 is 2.50 bits per heavy atom. The lowest BCUT2D eigenvalue weighted by Gasteiger charge is -2.27. The van der Waals surface area contributed by atoms with Gasteiger partial charge in [0.2, 0.25) is 5.91 Å². The summed E-state index contributed by atoms with van der Waals surface area (Å²) in [4.78, 5) is 18.9. The van der Waals surface area contributed by atoms with E-state index in [1.165, 1.54) is 19.3 Å². The number of piperidine rings is 1. The smallest absolute Gasteiger partial charge is 0.224 e. The van der Waals surface area contributed by atoms with Crippen LogP contribution in [0.2, 0.25) is 0 Å². The van der Waals surface area contributed by atoms with Crippen LogP contribution in [0.1, 0.15) is 44.9 Å². The maximum Gasteiger partial charge on any atom is 0.224 e. The van der Waals surface area contributed by atoms with E-state index in [2.05, 4.69) is 15.2 Å². The van der Waals surface area contributed by atoms with Gasteiger partial charge in [-0.2, -0.15) is 0 Å². The summed E-state index contributed by atoms with van der Waals surface area (Å²) >= 11 is 0. The molecule has 1 aliphatic carbocycles. The van der Waals surface area contributed by atoms with Gasteiger partial charge in [-0.3, -0.25) is 4.79 Å². The molecule has 24 heavy (non-hydrogen) atoms. The van der Waals surface area contributed by atoms with Gasteiger partial charge in [-0.15, -0.1) is 24.8 Å². The van der Waals surface area contributed by atoms with Crippen LogP contribution in [0.15, 0.2) is 18.3 Å². The summed E-state index contributed by atoms with van der Waals surface area (Å²) in [6.07, 6.45) is 9.33. The Kier molecular flexibility index (Phi) is 8.81. The van der Waals surface area contributed by atoms with E-state index in [1.807, 2.05) is 12.1 Å². The predicted octanol–water partition coefficient (Wildman–Crippen LogP) is 3.37. The van der Waals surface area contributed by atoms with Crippen molar-refractivity contribution in [3.8, 4) is 0 Å². The number of pyridine rings is 1. The van der Waals surface area contributed by atoms with E-state index < -0.39 is 0 Å². The van der Waals surface area contributed by atoms with Gasteiger partial charge < -0.3 is 16.0 Å². The quantitative estimate of drug-likeness (QED) is 0.847. The minimum Gasteiger partial charge on any atom is -0.357 e. The Hall–Kier alpha value is -1.04. The first kappa shape index (κ1) is 21.0. The third kappa shape index (κ3) is 5.50. The first-order valence-electron chi connectivity index (χ1n) is 8.49. The number of halogens is 2. The number of nitrogens with zero attached hydrogens (tertiary/aromatic N) is 2. The number of amides is 1. The number of hydrogen-bond acceptors (Lipinski definition) is 4. The standard InChI is InChI=1S/C17H26N4O.2ClH/c18-15-6-4-5-13(15)11-17(22)20-14-7-8-16(19-12-14)21-9-2-1-3-10-21;;/h7-8,12-13,15H,1-6,9-11,18H2,(H,20,22);2*1H/t13-,15+;;/m0../s1. The average Bonchev–Trinajstić information content (AvgIpc) is 2.94. The fourth-order valence-corrected chi connectivity index (χ4v) is 3.54. The Morgan fingerprint density at radius 2 is 1.92 bits per heavy atom. The first-order chi connectivity index (χ1) is 10.7. The van der Waals surface area contributed by atoms with Gasteiger partial charge in [0.05, 0.1) is 11.9 Å². The summed E-state index contributed by atoms with van der Waals surface area (Å²) in [6.45, 7) is 2.16. The lowest BCUT2D eigenvalue weighted by Crippen LogP contribution is -2.30. The van der Waals surface area contributed by atoms with Crippen LogP contribution in [-0.4, -0.2) is 30.0 Å². The van der Waals surface area contributed by atoms with E-state index in [4.69, 9.17) is 5.73 Å². The van der Waals surface area contributed by atoms with Crippen molar-refractivity contribution in [1.82, 2.24) is 4.98 Å². The molecule has 0 aromatic carbocycles. The van der Waals surface area contributed by atoms with Crippen LogP contribution in [-0.2, 0) is 4.79 Å². The fraction of sp³-hybridized carbons (Fsp3) is 0.647. The second kappa shape index (κ2) is 10.1. The van der Waals surface area contributed by atoms with Gasteiger partial charge in [0.15, 0.2) is 0 Å². The van der Waals surface area contributed by atoms with Crippen molar-refractivity contribution in [2.75, 3.05) is 23.3 Å². The molecule has 3 N–H and O–H groups in total. The van der Waals surface area contributed by atoms with Gasteiger partial charge in [0.1, 0.15) is 5.82 Å². The second-order valence-corrected chi connectivity index (χ2v) is 6.56. The molecule has 2 aliphatic rings. The SMILES string of the molecule is Cl.Cl.N[C@@H]1CCC[C@H]1CC(=O)Nc1ccc(N2CCCCC2)nc1. The molecular formula is C17H28Cl2N4O. The largest absolute Gasteiger partial charge is 0.357 e. The Labute approximate surface area is 156 Å². The molecule has 1 aliphatic heterocycles. The van der Waals surface area contributed by atoms with Crippen molar-refractivity contribution in [2.24, 2.45) is 11.7 Å². The molecule has 1 amide bonds. The summed E-state index contributed by atoms with van der Waals surface area (Å²) in [5, 5.41) is 2.94. The fourth-order valence-electron chi connectivity index (χ4n) is 3.54. The third-order valence-electron chi connectivity index (χ3n) is 4.88. The summed E-state index contributed by atoms with van der Waals surface area (Å²) in [5.74, 6) is 1.39. The maximum atomic E-state index is 12.1. The van der Waals surface area contributed by atoms with E-state index in [0.29, 0.717) is 12.3 Å². The topological polar surface area (TPSA) is 71.2 Å². The number of carbonyl (C=O) groups excluding carboxylic acids is 1. The highest BCUT2D eigenvalue weighted by atomic mass is 35.5. The molecule has 3 rings (SSSR count). The first-order valence-corrected chi connectivity index (χ1v) is 8.49. The van der Waals surface area contributed by atoms with E-state index in [9.17, 15) is 4.79 Å². The van der Waals surface area contributed by atoms with Gasteiger partial charge in [-0.25, -0.2) is 4.98 Å². The van der Waals surface area contributed by atoms with Crippen LogP contribution in [0.5, 0.6) is 0 Å². The molecule has 7 heteroatoms. The molecule has 136 valence electrons. The summed E-state index contributed by atoms with van der Waals surface area (Å²) in [7, 11) is 0. The zero-order chi connectivity index (χ0) is 15.4. The van der Waals surface area contributed by atoms with Crippen molar-refractivity contribution in [2.45, 2.75) is 51.0 Å². The van der Waals surface area contributed by atoms with Gasteiger partial charge >= 0.3 is 0 Å². The number of rotatable bonds is 4. The van der Waals surface area contributed by atoms with E-state index in [1.54, 1.807) is 6.20 Å². The monoisotopic (exact) mass is 374 g/mol. The number of anilines is 2. The Bertz CT molecular complexity index is 506. The van der Waals surface area contributed by atoms with Crippen molar-refractivity contribution < 1.29 is 4.79 Å². The second-order valence-electron chi connectivity index (χ2n) is 6.56. The molecule has 0 spiro atoms. The highest BCUT2D eigenvalue weighted by Crippen LogP contribution is 2.27. The normalized spacial score (nSPS) is 23.1. The van der Waals surface area contributed by atoms with Gasteiger partial charge in [0, 0.05) is 25.6 Å². The van der Waals surface area contributed by atoms with E-state index in [0.717, 1.165) is 43.9 Å². The lowest BCUT2D eigenvalue weighted by atomic mass is 10.00. The number of nitrogens with two attached hydrogens (primary N) is 1. The van der Waals surface area contributed by atoms with E-state index >= 15 is 0 Å². The molecule has 5 nitrogen and oxygen atoms in total. The van der Waals surface area contributed by atoms with Crippen LogP contribution in [0.25, 0.3) is 0 Å². The van der Waals surface area contributed by atoms with Crippen LogP contribution in [0.4, 0.5) is 11.5 Å². The molecular weight excluding hydrogens is 347 g/mol. The third-order valence-corrected chi connectivity index (χ3v) is 4.88. The number of hydrogen-bond donors (Lipinski definition) is 2. The van der Waals surface area contributed by atoms with Crippen molar-refractivity contribution in [3.63, 3.8) is 0 Å². The zero-order valence-corrected chi connectivity index (χ0v) is 15.6. The van der Waals surface area contributed by atoms with Crippen molar-refractivity contribution in [1.29, 1.82) is 0 Å². The molecule has 1 saturated carbocycles. The van der Waals surface area contributed by atoms with Crippen molar-refractivity contribution >= 4 is 42.2 Å². The molecule has 1 aromatic rings. The summed E-state index contributed by atoms with van der Waals surface area (Å²) < 4.78 is 0. The zero-order valence-electron chi connectivity index (χ0n) is 13.9. The molecule has 0 radical (unpaired) electrons. The maximum absolute atomic E-state index is 12.1. The molecule has 1 saturated heterocycles. The number of carbonyl (C=O) groups is 1. The molecule has 0 bridgehead atoms. The Balaban J connectivity index is 0.00000144. The molecule has 2 fully saturated rings. The molecule has 0 unspecified atom stereocenters. The minimum absolute atomic E-state index is 0. The van der Waals surface area contributed by atoms with Crippen LogP contribution in [0, 0.1) is 5.92 Å². The van der Waals surface area contributed by atoms with Gasteiger partial charge in [0.25, 0.3) is 0 Å². The van der Waals surface area contributed by atoms with Gasteiger partial charge in [-0.1, -0.05) is 6.42 Å². The number of aromatic nitrogens is 1. The molecule has 1 aromatic heterocycles. The predicted molar refractivity (Wildman–Crippen MR) is 103 cm³/mol. The highest BCUT2D eigenvalue weighted by molar-refractivity contribution is 5.90. The lowest BCUT2D eigenvalue weighted by molar-refractivity contribution is -0.117. The molecule has 2 atom stereocenters. The average molecular weight is 375 g/mol. The van der Waals surface area contributed by atoms with Crippen molar-refractivity contribution in [3.05, 3.63) is 18.3 Å². The summed E-state index contributed by atoms with van der Waals surface area (Å²) in [5.41, 5.74) is 6.80. The Morgan fingerprint density at radius 1 is 1.17 bits per heavy atom. The molecule has 2 heterocycles. The minimum atomic E-state index is 0.